The molecule has 4 unspecified atom stereocenters. The summed E-state index contributed by atoms with van der Waals surface area (Å²) in [5, 5.41) is 0. The van der Waals surface area contributed by atoms with E-state index < -0.39 is 41.8 Å². The van der Waals surface area contributed by atoms with Gasteiger partial charge in [0, 0.05) is 42.7 Å². The van der Waals surface area contributed by atoms with Crippen LogP contribution in [-0.2, 0) is 54.4 Å². The van der Waals surface area contributed by atoms with Gasteiger partial charge in [0.15, 0.2) is 0 Å². The summed E-state index contributed by atoms with van der Waals surface area (Å²) < 4.78 is 84.5. The third kappa shape index (κ3) is 6.44. The SMILES string of the molecule is COP(=O)(OC)OC1C(C)C(C)C(C)C(OP(=O)(OC)OC)C1OP(=O)(OC)OC. The Morgan fingerprint density at radius 1 is 0.433 bits per heavy atom. The van der Waals surface area contributed by atoms with Gasteiger partial charge in [-0.15, -0.1) is 0 Å². The third-order valence-corrected chi connectivity index (χ3v) is 9.62. The van der Waals surface area contributed by atoms with Gasteiger partial charge in [0.1, 0.15) is 18.3 Å². The van der Waals surface area contributed by atoms with Crippen molar-refractivity contribution in [1.82, 2.24) is 0 Å². The van der Waals surface area contributed by atoms with E-state index in [0.717, 1.165) is 42.7 Å². The number of phosphoric ester groups is 3. The Kier molecular flexibility index (Phi) is 10.8. The lowest BCUT2D eigenvalue weighted by Crippen LogP contribution is -2.55. The molecule has 12 nitrogen and oxygen atoms in total. The quantitative estimate of drug-likeness (QED) is 0.356. The van der Waals surface area contributed by atoms with Crippen LogP contribution in [0.5, 0.6) is 0 Å². The van der Waals surface area contributed by atoms with Gasteiger partial charge < -0.3 is 0 Å². The zero-order valence-electron chi connectivity index (χ0n) is 18.7. The largest absolute Gasteiger partial charge is 0.474 e. The number of hydrogen-bond acceptors (Lipinski definition) is 12. The number of phosphoric acid groups is 3. The summed E-state index contributed by atoms with van der Waals surface area (Å²) in [4.78, 5) is 0. The topological polar surface area (TPSA) is 134 Å². The fourth-order valence-electron chi connectivity index (χ4n) is 3.22. The van der Waals surface area contributed by atoms with E-state index in [-0.39, 0.29) is 17.8 Å². The maximum atomic E-state index is 12.8. The minimum atomic E-state index is -4.06. The molecule has 1 rings (SSSR count). The lowest BCUT2D eigenvalue weighted by atomic mass is 9.70. The Balaban J connectivity index is 3.51. The van der Waals surface area contributed by atoms with Gasteiger partial charge >= 0.3 is 23.5 Å². The standard InChI is InChI=1S/C15H33O12P3/c1-10-11(2)13(25-28(16,19-4)20-5)15(27-30(18,23-8)24-9)14(12(10)3)26-29(17,21-6)22-7/h10-15H,1-9H3. The molecule has 15 heteroatoms. The molecule has 0 aromatic carbocycles. The summed E-state index contributed by atoms with van der Waals surface area (Å²) in [6.45, 7) is 5.55. The minimum Gasteiger partial charge on any atom is -0.290 e. The highest BCUT2D eigenvalue weighted by molar-refractivity contribution is 7.49. The molecule has 0 aromatic rings. The first-order valence-electron chi connectivity index (χ1n) is 9.08. The highest BCUT2D eigenvalue weighted by Gasteiger charge is 2.54. The van der Waals surface area contributed by atoms with Crippen LogP contribution in [0.1, 0.15) is 20.8 Å². The molecule has 1 fully saturated rings. The molecule has 1 saturated carbocycles. The van der Waals surface area contributed by atoms with Crippen molar-refractivity contribution in [3.05, 3.63) is 0 Å². The number of rotatable bonds is 12. The fraction of sp³-hybridized carbons (Fsp3) is 1.00. The van der Waals surface area contributed by atoms with E-state index in [1.807, 2.05) is 20.8 Å². The van der Waals surface area contributed by atoms with Crippen LogP contribution >= 0.6 is 23.5 Å². The molecule has 30 heavy (non-hydrogen) atoms. The molecular weight excluding hydrogens is 465 g/mol. The lowest BCUT2D eigenvalue weighted by Gasteiger charge is -2.48. The van der Waals surface area contributed by atoms with Crippen LogP contribution < -0.4 is 0 Å². The molecule has 0 spiro atoms. The van der Waals surface area contributed by atoms with Crippen LogP contribution in [0.2, 0.25) is 0 Å². The zero-order valence-corrected chi connectivity index (χ0v) is 21.4. The van der Waals surface area contributed by atoms with Gasteiger partial charge in [-0.05, 0) is 17.8 Å². The normalized spacial score (nSPS) is 31.1. The van der Waals surface area contributed by atoms with E-state index >= 15 is 0 Å². The Hall–Kier alpha value is 0.330. The molecule has 0 bridgehead atoms. The molecule has 0 aliphatic heterocycles. The van der Waals surface area contributed by atoms with Gasteiger partial charge in [-0.25, -0.2) is 13.7 Å². The van der Waals surface area contributed by atoms with Crippen molar-refractivity contribution in [2.45, 2.75) is 39.1 Å². The summed E-state index contributed by atoms with van der Waals surface area (Å²) in [5.74, 6) is -0.737. The van der Waals surface area contributed by atoms with Crippen molar-refractivity contribution in [3.63, 3.8) is 0 Å². The van der Waals surface area contributed by atoms with E-state index in [2.05, 4.69) is 0 Å². The molecule has 0 amide bonds. The van der Waals surface area contributed by atoms with E-state index in [1.165, 1.54) is 0 Å². The average Bonchev–Trinajstić information content (AvgIpc) is 2.77. The van der Waals surface area contributed by atoms with E-state index in [9.17, 15) is 13.7 Å². The first kappa shape index (κ1) is 28.4. The van der Waals surface area contributed by atoms with Crippen molar-refractivity contribution in [1.29, 1.82) is 0 Å². The zero-order chi connectivity index (χ0) is 23.3. The van der Waals surface area contributed by atoms with Crippen LogP contribution in [0, 0.1) is 17.8 Å². The van der Waals surface area contributed by atoms with Crippen molar-refractivity contribution >= 4 is 23.5 Å². The third-order valence-electron chi connectivity index (χ3n) is 5.44. The summed E-state index contributed by atoms with van der Waals surface area (Å²) in [6.07, 6.45) is -3.30. The number of hydrogen-bond donors (Lipinski definition) is 0. The highest BCUT2D eigenvalue weighted by Crippen LogP contribution is 2.59. The second-order valence-electron chi connectivity index (χ2n) is 6.72. The lowest BCUT2D eigenvalue weighted by molar-refractivity contribution is -0.139. The molecule has 0 N–H and O–H groups in total. The molecular formula is C15H33O12P3. The first-order chi connectivity index (χ1) is 13.9. The summed E-state index contributed by atoms with van der Waals surface area (Å²) in [6, 6.07) is 0. The molecule has 180 valence electrons. The van der Waals surface area contributed by atoms with Crippen LogP contribution in [0.4, 0.5) is 0 Å². The Labute approximate surface area is 178 Å². The summed E-state index contributed by atoms with van der Waals surface area (Å²) in [5.41, 5.74) is 0. The smallest absolute Gasteiger partial charge is 0.290 e. The van der Waals surface area contributed by atoms with Gasteiger partial charge in [-0.3, -0.25) is 40.7 Å². The van der Waals surface area contributed by atoms with E-state index in [4.69, 9.17) is 40.7 Å². The molecule has 1 aliphatic rings. The molecule has 0 saturated heterocycles. The van der Waals surface area contributed by atoms with Crippen LogP contribution in [0.15, 0.2) is 0 Å². The van der Waals surface area contributed by atoms with Gasteiger partial charge in [-0.1, -0.05) is 20.8 Å². The average molecular weight is 498 g/mol. The molecule has 0 aromatic heterocycles. The van der Waals surface area contributed by atoms with E-state index in [1.54, 1.807) is 0 Å². The first-order valence-corrected chi connectivity index (χ1v) is 13.5. The molecule has 0 radical (unpaired) electrons. The van der Waals surface area contributed by atoms with E-state index in [0.29, 0.717) is 0 Å². The van der Waals surface area contributed by atoms with Crippen LogP contribution in [-0.4, -0.2) is 61.0 Å². The Morgan fingerprint density at radius 3 is 0.900 bits per heavy atom. The predicted molar refractivity (Wildman–Crippen MR) is 107 cm³/mol. The maximum absolute atomic E-state index is 12.8. The molecule has 4 atom stereocenters. The van der Waals surface area contributed by atoms with Crippen LogP contribution in [0.3, 0.4) is 0 Å². The van der Waals surface area contributed by atoms with Gasteiger partial charge in [0.05, 0.1) is 0 Å². The van der Waals surface area contributed by atoms with Crippen molar-refractivity contribution < 1.29 is 54.4 Å². The maximum Gasteiger partial charge on any atom is 0.474 e. The second-order valence-corrected chi connectivity index (χ2v) is 12.2. The highest BCUT2D eigenvalue weighted by atomic mass is 31.2. The second kappa shape index (κ2) is 11.5. The predicted octanol–water partition coefficient (Wildman–Crippen LogP) is 4.27. The Morgan fingerprint density at radius 2 is 0.667 bits per heavy atom. The van der Waals surface area contributed by atoms with Gasteiger partial charge in [0.25, 0.3) is 0 Å². The minimum absolute atomic E-state index is 0.117. The Bertz CT molecular complexity index is 622. The van der Waals surface area contributed by atoms with Gasteiger partial charge in [-0.2, -0.15) is 0 Å². The summed E-state index contributed by atoms with van der Waals surface area (Å²) in [7, 11) is -5.12. The van der Waals surface area contributed by atoms with Crippen molar-refractivity contribution in [3.8, 4) is 0 Å². The summed E-state index contributed by atoms with van der Waals surface area (Å²) >= 11 is 0. The van der Waals surface area contributed by atoms with Gasteiger partial charge in [0.2, 0.25) is 0 Å². The van der Waals surface area contributed by atoms with Crippen molar-refractivity contribution in [2.75, 3.05) is 42.7 Å². The monoisotopic (exact) mass is 498 g/mol. The van der Waals surface area contributed by atoms with Crippen molar-refractivity contribution in [2.24, 2.45) is 17.8 Å². The molecule has 1 aliphatic carbocycles. The molecule has 0 heterocycles. The van der Waals surface area contributed by atoms with Crippen LogP contribution in [0.25, 0.3) is 0 Å². The fourth-order valence-corrected chi connectivity index (χ4v) is 5.95.